The lowest BCUT2D eigenvalue weighted by molar-refractivity contribution is -0.140. The average molecular weight is 628 g/mol. The van der Waals surface area contributed by atoms with E-state index in [1.54, 1.807) is 42.5 Å². The van der Waals surface area contributed by atoms with E-state index in [9.17, 15) is 18.0 Å². The molecule has 0 fully saturated rings. The summed E-state index contributed by atoms with van der Waals surface area (Å²) in [5, 5.41) is 3.04. The van der Waals surface area contributed by atoms with Gasteiger partial charge in [0.15, 0.2) is 0 Å². The van der Waals surface area contributed by atoms with Gasteiger partial charge in [-0.2, -0.15) is 0 Å². The summed E-state index contributed by atoms with van der Waals surface area (Å²) in [5.41, 5.74) is 2.44. The highest BCUT2D eigenvalue weighted by Gasteiger charge is 2.35. The van der Waals surface area contributed by atoms with Crippen molar-refractivity contribution in [2.75, 3.05) is 18.0 Å². The second-order valence-corrected chi connectivity index (χ2v) is 13.8. The van der Waals surface area contributed by atoms with Crippen molar-refractivity contribution < 1.29 is 22.7 Å². The number of rotatable bonds is 12. The highest BCUT2D eigenvalue weighted by molar-refractivity contribution is 7.92. The van der Waals surface area contributed by atoms with Gasteiger partial charge in [0.25, 0.3) is 10.0 Å². The maximum absolute atomic E-state index is 14.5. The molecule has 0 radical (unpaired) electrons. The summed E-state index contributed by atoms with van der Waals surface area (Å²) >= 11 is 0. The van der Waals surface area contributed by atoms with Gasteiger partial charge in [-0.1, -0.05) is 84.4 Å². The molecule has 0 unspecified atom stereocenters. The largest absolute Gasteiger partial charge is 0.497 e. The lowest BCUT2D eigenvalue weighted by Crippen LogP contribution is -2.56. The molecule has 1 atom stereocenters. The molecular formula is C36H41N3O5S. The second kappa shape index (κ2) is 14.4. The molecule has 0 aliphatic rings. The van der Waals surface area contributed by atoms with Crippen molar-refractivity contribution in [3.05, 3.63) is 126 Å². The number of benzene rings is 4. The molecule has 4 aromatic carbocycles. The maximum Gasteiger partial charge on any atom is 0.264 e. The molecule has 0 saturated carbocycles. The fourth-order valence-corrected chi connectivity index (χ4v) is 6.34. The van der Waals surface area contributed by atoms with Gasteiger partial charge < -0.3 is 15.0 Å². The first kappa shape index (κ1) is 33.3. The van der Waals surface area contributed by atoms with Crippen molar-refractivity contribution >= 4 is 27.5 Å². The lowest BCUT2D eigenvalue weighted by atomic mass is 10.0. The van der Waals surface area contributed by atoms with Crippen LogP contribution in [-0.2, 0) is 32.6 Å². The van der Waals surface area contributed by atoms with Gasteiger partial charge in [-0.25, -0.2) is 8.42 Å². The summed E-state index contributed by atoms with van der Waals surface area (Å²) in [7, 11) is -2.70. The molecule has 0 heterocycles. The lowest BCUT2D eigenvalue weighted by Gasteiger charge is -2.35. The van der Waals surface area contributed by atoms with E-state index in [0.29, 0.717) is 5.75 Å². The van der Waals surface area contributed by atoms with E-state index in [1.807, 2.05) is 82.3 Å². The van der Waals surface area contributed by atoms with Crippen LogP contribution in [0.2, 0.25) is 0 Å². The van der Waals surface area contributed by atoms with Crippen molar-refractivity contribution in [3.63, 3.8) is 0 Å². The van der Waals surface area contributed by atoms with Crippen LogP contribution in [0.1, 0.15) is 37.5 Å². The quantitative estimate of drug-likeness (QED) is 0.216. The van der Waals surface area contributed by atoms with Crippen LogP contribution in [0.3, 0.4) is 0 Å². The van der Waals surface area contributed by atoms with Crippen LogP contribution < -0.4 is 14.4 Å². The molecule has 45 heavy (non-hydrogen) atoms. The molecule has 2 amide bonds. The van der Waals surface area contributed by atoms with Crippen LogP contribution in [0.4, 0.5) is 5.69 Å². The van der Waals surface area contributed by atoms with E-state index in [-0.39, 0.29) is 29.5 Å². The number of nitrogens with one attached hydrogen (secondary N) is 1. The molecule has 0 spiro atoms. The van der Waals surface area contributed by atoms with Crippen LogP contribution in [0, 0.1) is 6.92 Å². The van der Waals surface area contributed by atoms with E-state index < -0.39 is 34.1 Å². The third kappa shape index (κ3) is 8.95. The van der Waals surface area contributed by atoms with Crippen molar-refractivity contribution in [1.29, 1.82) is 0 Å². The van der Waals surface area contributed by atoms with Crippen molar-refractivity contribution in [2.45, 2.75) is 57.1 Å². The van der Waals surface area contributed by atoms with Gasteiger partial charge >= 0.3 is 0 Å². The number of methoxy groups -OCH3 is 1. The molecule has 0 bridgehead atoms. The second-order valence-electron chi connectivity index (χ2n) is 12.0. The van der Waals surface area contributed by atoms with Gasteiger partial charge in [0.1, 0.15) is 18.3 Å². The Morgan fingerprint density at radius 3 is 2.04 bits per heavy atom. The molecule has 4 rings (SSSR count). The van der Waals surface area contributed by atoms with Gasteiger partial charge in [0, 0.05) is 24.6 Å². The summed E-state index contributed by atoms with van der Waals surface area (Å²) in [6.07, 6.45) is 0.241. The molecule has 0 saturated heterocycles. The first-order valence-corrected chi connectivity index (χ1v) is 16.2. The molecule has 8 nitrogen and oxygen atoms in total. The SMILES string of the molecule is COc1cccc(N(CC(=O)N(Cc2ccc(C)cc2)[C@@H](Cc2ccccc2)C(=O)NC(C)(C)C)S(=O)(=O)c2ccccc2)c1. The zero-order valence-corrected chi connectivity index (χ0v) is 27.3. The molecule has 236 valence electrons. The number of hydrogen-bond acceptors (Lipinski definition) is 5. The Hall–Kier alpha value is -4.63. The minimum atomic E-state index is -4.19. The Labute approximate surface area is 266 Å². The molecular weight excluding hydrogens is 586 g/mol. The number of anilines is 1. The summed E-state index contributed by atoms with van der Waals surface area (Å²) in [6, 6.07) is 30.8. The number of ether oxygens (including phenoxy) is 1. The Morgan fingerprint density at radius 1 is 0.822 bits per heavy atom. The van der Waals surface area contributed by atoms with Crippen LogP contribution in [-0.4, -0.2) is 50.4 Å². The molecule has 4 aromatic rings. The van der Waals surface area contributed by atoms with Crippen molar-refractivity contribution in [3.8, 4) is 5.75 Å². The monoisotopic (exact) mass is 627 g/mol. The van der Waals surface area contributed by atoms with Gasteiger partial charge in [-0.15, -0.1) is 0 Å². The third-order valence-electron chi connectivity index (χ3n) is 7.19. The van der Waals surface area contributed by atoms with Crippen LogP contribution in [0.15, 0.2) is 114 Å². The predicted octanol–water partition coefficient (Wildman–Crippen LogP) is 5.75. The standard InChI is InChI=1S/C36H41N3O5S/c1-27-19-21-29(22-20-27)25-38(33(35(41)37-36(2,3)4)23-28-13-8-6-9-14-28)34(40)26-39(30-15-12-16-31(24-30)44-5)45(42,43)32-17-10-7-11-18-32/h6-22,24,33H,23,25-26H2,1-5H3,(H,37,41)/t33-/m0/s1. The summed E-state index contributed by atoms with van der Waals surface area (Å²) < 4.78 is 34.7. The van der Waals surface area contributed by atoms with Crippen LogP contribution >= 0.6 is 0 Å². The van der Waals surface area contributed by atoms with E-state index in [4.69, 9.17) is 4.74 Å². The van der Waals surface area contributed by atoms with E-state index in [1.165, 1.54) is 24.1 Å². The average Bonchev–Trinajstić information content (AvgIpc) is 3.02. The highest BCUT2D eigenvalue weighted by atomic mass is 32.2. The fraction of sp³-hybridized carbons (Fsp3) is 0.278. The predicted molar refractivity (Wildman–Crippen MR) is 178 cm³/mol. The van der Waals surface area contributed by atoms with Crippen LogP contribution in [0.5, 0.6) is 5.75 Å². The number of sulfonamides is 1. The highest BCUT2D eigenvalue weighted by Crippen LogP contribution is 2.28. The van der Waals surface area contributed by atoms with E-state index in [0.717, 1.165) is 21.0 Å². The Bertz CT molecular complexity index is 1690. The molecule has 0 aromatic heterocycles. The number of carbonyl (C=O) groups is 2. The number of nitrogens with zero attached hydrogens (tertiary/aromatic N) is 2. The summed E-state index contributed by atoms with van der Waals surface area (Å²) in [5.74, 6) is -0.412. The van der Waals surface area contributed by atoms with Gasteiger partial charge in [0.2, 0.25) is 11.8 Å². The number of hydrogen-bond donors (Lipinski definition) is 1. The summed E-state index contributed by atoms with van der Waals surface area (Å²) in [4.78, 5) is 30.0. The van der Waals surface area contributed by atoms with Crippen LogP contribution in [0.25, 0.3) is 0 Å². The summed E-state index contributed by atoms with van der Waals surface area (Å²) in [6.45, 7) is 7.19. The van der Waals surface area contributed by atoms with Gasteiger partial charge in [0.05, 0.1) is 17.7 Å². The minimum absolute atomic E-state index is 0.0389. The molecule has 1 N–H and O–H groups in total. The molecule has 0 aliphatic carbocycles. The molecule has 0 aliphatic heterocycles. The first-order chi connectivity index (χ1) is 21.4. The van der Waals surface area contributed by atoms with Crippen molar-refractivity contribution in [1.82, 2.24) is 10.2 Å². The first-order valence-electron chi connectivity index (χ1n) is 14.8. The zero-order chi connectivity index (χ0) is 32.6. The Morgan fingerprint density at radius 2 is 1.44 bits per heavy atom. The number of carbonyl (C=O) groups excluding carboxylic acids is 2. The normalized spacial score (nSPS) is 12.2. The van der Waals surface area contributed by atoms with E-state index >= 15 is 0 Å². The van der Waals surface area contributed by atoms with Gasteiger partial charge in [-0.05, 0) is 63.1 Å². The zero-order valence-electron chi connectivity index (χ0n) is 26.4. The Balaban J connectivity index is 1.82. The fourth-order valence-electron chi connectivity index (χ4n) is 4.91. The smallest absolute Gasteiger partial charge is 0.264 e. The minimum Gasteiger partial charge on any atom is -0.497 e. The molecule has 9 heteroatoms. The van der Waals surface area contributed by atoms with E-state index in [2.05, 4.69) is 5.32 Å². The number of aryl methyl sites for hydroxylation is 1. The maximum atomic E-state index is 14.5. The third-order valence-corrected chi connectivity index (χ3v) is 8.98. The van der Waals surface area contributed by atoms with Gasteiger partial charge in [-0.3, -0.25) is 13.9 Å². The number of amides is 2. The van der Waals surface area contributed by atoms with Crippen molar-refractivity contribution in [2.24, 2.45) is 0 Å². The Kier molecular flexibility index (Phi) is 10.7. The topological polar surface area (TPSA) is 96.0 Å².